The molecule has 9 nitrogen and oxygen atoms in total. The van der Waals surface area contributed by atoms with Gasteiger partial charge in [0.2, 0.25) is 10.1 Å². The summed E-state index contributed by atoms with van der Waals surface area (Å²) in [7, 11) is 0. The second kappa shape index (κ2) is 4.68. The third-order valence-corrected chi connectivity index (χ3v) is 1.52. The van der Waals surface area contributed by atoms with E-state index in [-0.39, 0.29) is 5.69 Å². The molecule has 0 saturated carbocycles. The summed E-state index contributed by atoms with van der Waals surface area (Å²) < 4.78 is 0. The standard InChI is InChI=1S/C7H6N4O5/c12-7(9(10(13)14)11(15)16)8-6-4-2-1-3-5-6/h1-5H,(H,8,12). The van der Waals surface area contributed by atoms with Gasteiger partial charge in [0, 0.05) is 5.69 Å². The molecule has 0 heterocycles. The zero-order valence-electron chi connectivity index (χ0n) is 7.77. The monoisotopic (exact) mass is 226 g/mol. The normalized spacial score (nSPS) is 9.25. The smallest absolute Gasteiger partial charge is 0.298 e. The van der Waals surface area contributed by atoms with Crippen LogP contribution in [0.15, 0.2) is 30.3 Å². The molecule has 0 aliphatic carbocycles. The molecule has 84 valence electrons. The lowest BCUT2D eigenvalue weighted by molar-refractivity contribution is -0.882. The van der Waals surface area contributed by atoms with Crippen molar-refractivity contribution in [2.24, 2.45) is 0 Å². The number of anilines is 1. The Morgan fingerprint density at radius 1 is 1.12 bits per heavy atom. The molecule has 2 amide bonds. The van der Waals surface area contributed by atoms with Crippen molar-refractivity contribution in [2.75, 3.05) is 5.32 Å². The van der Waals surface area contributed by atoms with Gasteiger partial charge >= 0.3 is 6.03 Å². The van der Waals surface area contributed by atoms with Gasteiger partial charge in [-0.15, -0.1) is 0 Å². The van der Waals surface area contributed by atoms with Crippen LogP contribution in [-0.4, -0.2) is 21.2 Å². The molecule has 0 atom stereocenters. The highest BCUT2D eigenvalue weighted by molar-refractivity contribution is 5.87. The Morgan fingerprint density at radius 3 is 2.06 bits per heavy atom. The molecule has 1 N–H and O–H groups in total. The summed E-state index contributed by atoms with van der Waals surface area (Å²) in [4.78, 5) is 31.5. The molecule has 0 unspecified atom stereocenters. The molecule has 9 heteroatoms. The van der Waals surface area contributed by atoms with E-state index in [1.54, 1.807) is 18.2 Å². The number of hydrogen-bond acceptors (Lipinski definition) is 5. The zero-order chi connectivity index (χ0) is 12.1. The van der Waals surface area contributed by atoms with Gasteiger partial charge < -0.3 is 0 Å². The fourth-order valence-electron chi connectivity index (χ4n) is 0.903. The maximum Gasteiger partial charge on any atom is 0.455 e. The number of rotatable bonds is 3. The van der Waals surface area contributed by atoms with E-state index < -0.39 is 21.2 Å². The number of carbonyl (C=O) groups is 1. The number of hydrazine groups is 2. The van der Waals surface area contributed by atoms with E-state index in [0.717, 1.165) is 0 Å². The van der Waals surface area contributed by atoms with Crippen LogP contribution in [0, 0.1) is 20.2 Å². The van der Waals surface area contributed by atoms with Crippen molar-refractivity contribution in [2.45, 2.75) is 0 Å². The summed E-state index contributed by atoms with van der Waals surface area (Å²) in [5.41, 5.74) is 0.223. The number of nitro groups is 2. The van der Waals surface area contributed by atoms with Gasteiger partial charge in [-0.1, -0.05) is 18.2 Å². The van der Waals surface area contributed by atoms with Gasteiger partial charge in [-0.3, -0.25) is 5.32 Å². The fourth-order valence-corrected chi connectivity index (χ4v) is 0.903. The average Bonchev–Trinajstić information content (AvgIpc) is 2.17. The van der Waals surface area contributed by atoms with Crippen molar-refractivity contribution in [3.63, 3.8) is 0 Å². The Balaban J connectivity index is 2.78. The summed E-state index contributed by atoms with van der Waals surface area (Å²) in [6, 6.07) is 6.23. The highest BCUT2D eigenvalue weighted by atomic mass is 16.8. The van der Waals surface area contributed by atoms with Crippen molar-refractivity contribution in [3.8, 4) is 0 Å². The number of para-hydroxylation sites is 1. The number of carbonyl (C=O) groups excluding carboxylic acids is 1. The Bertz CT molecular complexity index is 406. The summed E-state index contributed by atoms with van der Waals surface area (Å²) in [5, 5.41) is 18.8. The number of urea groups is 1. The summed E-state index contributed by atoms with van der Waals surface area (Å²) in [6.07, 6.45) is 0. The van der Waals surface area contributed by atoms with E-state index in [4.69, 9.17) is 0 Å². The molecule has 16 heavy (non-hydrogen) atoms. The van der Waals surface area contributed by atoms with Crippen LogP contribution in [0.1, 0.15) is 0 Å². The van der Waals surface area contributed by atoms with Crippen molar-refractivity contribution in [3.05, 3.63) is 50.6 Å². The van der Waals surface area contributed by atoms with Crippen LogP contribution in [0.2, 0.25) is 0 Å². The molecule has 0 aliphatic rings. The first kappa shape index (κ1) is 11.4. The molecular formula is C7H6N4O5. The lowest BCUT2D eigenvalue weighted by Crippen LogP contribution is -2.43. The Hall–Kier alpha value is -2.71. The van der Waals surface area contributed by atoms with Crippen LogP contribution in [0.4, 0.5) is 10.5 Å². The molecule has 1 aromatic carbocycles. The van der Waals surface area contributed by atoms with Crippen molar-refractivity contribution in [1.29, 1.82) is 0 Å². The largest absolute Gasteiger partial charge is 0.455 e. The number of amides is 2. The highest BCUT2D eigenvalue weighted by Gasteiger charge is 2.37. The second-order valence-corrected chi connectivity index (χ2v) is 2.56. The van der Waals surface area contributed by atoms with Crippen molar-refractivity contribution in [1.82, 2.24) is 5.12 Å². The lowest BCUT2D eigenvalue weighted by atomic mass is 10.3. The molecule has 1 aromatic rings. The number of hydrogen-bond donors (Lipinski definition) is 1. The summed E-state index contributed by atoms with van der Waals surface area (Å²) in [5.74, 6) is 0. The molecular weight excluding hydrogens is 220 g/mol. The van der Waals surface area contributed by atoms with Gasteiger partial charge in [0.1, 0.15) is 0 Å². The quantitative estimate of drug-likeness (QED) is 0.606. The number of nitrogens with one attached hydrogen (secondary N) is 1. The van der Waals surface area contributed by atoms with Crippen LogP contribution < -0.4 is 5.32 Å². The first-order chi connectivity index (χ1) is 7.52. The first-order valence-electron chi connectivity index (χ1n) is 3.97. The predicted octanol–water partition coefficient (Wildman–Crippen LogP) is 0.904. The van der Waals surface area contributed by atoms with Crippen LogP contribution in [0.5, 0.6) is 0 Å². The van der Waals surface area contributed by atoms with E-state index in [2.05, 4.69) is 0 Å². The maximum atomic E-state index is 11.1. The van der Waals surface area contributed by atoms with E-state index in [1.165, 1.54) is 12.1 Å². The van der Waals surface area contributed by atoms with E-state index in [1.807, 2.05) is 5.32 Å². The van der Waals surface area contributed by atoms with E-state index in [9.17, 15) is 25.0 Å². The topological polar surface area (TPSA) is 119 Å². The minimum absolute atomic E-state index is 0.223. The van der Waals surface area contributed by atoms with E-state index in [0.29, 0.717) is 0 Å². The van der Waals surface area contributed by atoms with Gasteiger partial charge in [-0.2, -0.15) is 0 Å². The third-order valence-electron chi connectivity index (χ3n) is 1.52. The van der Waals surface area contributed by atoms with Gasteiger partial charge in [-0.25, -0.2) is 25.0 Å². The minimum Gasteiger partial charge on any atom is -0.298 e. The zero-order valence-corrected chi connectivity index (χ0v) is 7.77. The SMILES string of the molecule is O=C(Nc1ccccc1)N([N+](=O)[O-])[N+](=O)[O-]. The number of benzene rings is 1. The molecule has 0 bridgehead atoms. The van der Waals surface area contributed by atoms with Gasteiger partial charge in [0.05, 0.1) is 0 Å². The lowest BCUT2D eigenvalue weighted by Gasteiger charge is -2.04. The summed E-state index contributed by atoms with van der Waals surface area (Å²) in [6.45, 7) is 0. The van der Waals surface area contributed by atoms with Gasteiger partial charge in [0.25, 0.3) is 5.12 Å². The molecule has 0 fully saturated rings. The first-order valence-corrected chi connectivity index (χ1v) is 3.97. The third kappa shape index (κ3) is 2.64. The Labute approximate surface area is 88.5 Å². The van der Waals surface area contributed by atoms with Crippen molar-refractivity contribution >= 4 is 11.7 Å². The van der Waals surface area contributed by atoms with Crippen LogP contribution in [0.3, 0.4) is 0 Å². The fraction of sp³-hybridized carbons (Fsp3) is 0. The van der Waals surface area contributed by atoms with Gasteiger partial charge in [-0.05, 0) is 12.1 Å². The molecule has 0 aliphatic heterocycles. The van der Waals surface area contributed by atoms with Crippen LogP contribution in [-0.2, 0) is 0 Å². The number of nitrogens with zero attached hydrogens (tertiary/aromatic N) is 3. The average molecular weight is 226 g/mol. The highest BCUT2D eigenvalue weighted by Crippen LogP contribution is 2.06. The van der Waals surface area contributed by atoms with Crippen LogP contribution in [0.25, 0.3) is 0 Å². The van der Waals surface area contributed by atoms with Gasteiger partial charge in [0.15, 0.2) is 0 Å². The molecule has 0 saturated heterocycles. The summed E-state index contributed by atoms with van der Waals surface area (Å²) >= 11 is 0. The predicted molar refractivity (Wildman–Crippen MR) is 51.3 cm³/mol. The van der Waals surface area contributed by atoms with E-state index >= 15 is 0 Å². The molecule has 0 spiro atoms. The Kier molecular flexibility index (Phi) is 3.33. The van der Waals surface area contributed by atoms with Crippen molar-refractivity contribution < 1.29 is 14.9 Å². The second-order valence-electron chi connectivity index (χ2n) is 2.56. The Morgan fingerprint density at radius 2 is 1.62 bits per heavy atom. The minimum atomic E-state index is -1.44. The van der Waals surface area contributed by atoms with Crippen LogP contribution >= 0.6 is 0 Å². The maximum absolute atomic E-state index is 11.1. The molecule has 1 rings (SSSR count). The molecule has 0 aromatic heterocycles. The molecule has 0 radical (unpaired) electrons.